The largest absolute Gasteiger partial charge is 0.477 e. The highest BCUT2D eigenvalue weighted by Gasteiger charge is 2.34. The Kier molecular flexibility index (Phi) is 4.68. The molecule has 0 radical (unpaired) electrons. The van der Waals surface area contributed by atoms with Crippen LogP contribution in [0, 0.1) is 6.92 Å². The molecule has 1 aliphatic heterocycles. The van der Waals surface area contributed by atoms with Gasteiger partial charge in [-0.25, -0.2) is 4.79 Å². The van der Waals surface area contributed by atoms with Crippen LogP contribution in [-0.2, 0) is 4.79 Å². The highest BCUT2D eigenvalue weighted by Crippen LogP contribution is 2.30. The molecule has 1 amide bonds. The van der Waals surface area contributed by atoms with Crippen LogP contribution in [0.5, 0.6) is 0 Å². The van der Waals surface area contributed by atoms with E-state index in [0.29, 0.717) is 17.8 Å². The van der Waals surface area contributed by atoms with Crippen LogP contribution in [0.1, 0.15) is 48.8 Å². The quantitative estimate of drug-likeness (QED) is 0.897. The lowest BCUT2D eigenvalue weighted by molar-refractivity contribution is -0.121. The van der Waals surface area contributed by atoms with Gasteiger partial charge in [-0.15, -0.1) is 11.3 Å². The van der Waals surface area contributed by atoms with Gasteiger partial charge >= 0.3 is 5.97 Å². The second kappa shape index (κ2) is 6.15. The second-order valence-corrected chi connectivity index (χ2v) is 6.70. The average molecular weight is 310 g/mol. The van der Waals surface area contributed by atoms with Crippen LogP contribution in [0.15, 0.2) is 5.38 Å². The van der Waals surface area contributed by atoms with Crippen molar-refractivity contribution < 1.29 is 14.7 Å². The van der Waals surface area contributed by atoms with Crippen LogP contribution in [0.25, 0.3) is 0 Å². The summed E-state index contributed by atoms with van der Waals surface area (Å²) in [5.74, 6) is -1.14. The number of likely N-dealkylation sites (tertiary alicyclic amines) is 1. The number of carbonyl (C=O) groups excluding carboxylic acids is 1. The number of aryl methyl sites for hydroxylation is 1. The number of carbonyl (C=O) groups is 2. The molecule has 2 rings (SSSR count). The third-order valence-electron chi connectivity index (χ3n) is 4.26. The van der Waals surface area contributed by atoms with Gasteiger partial charge in [0.25, 0.3) is 0 Å². The Morgan fingerprint density at radius 3 is 2.48 bits per heavy atom. The number of rotatable bonds is 4. The van der Waals surface area contributed by atoms with Crippen molar-refractivity contribution in [2.45, 2.75) is 58.7 Å². The topological polar surface area (TPSA) is 69.6 Å². The standard InChI is InChI=1S/C15H22N2O3S/c1-8-7-21-13(15(19)20)12(8)16-14(18)11(4)17-9(2)5-6-10(17)3/h7,9-11H,5-6H2,1-4H3,(H,16,18)(H,19,20). The number of carboxylic acids is 1. The lowest BCUT2D eigenvalue weighted by Gasteiger charge is -2.31. The normalized spacial score (nSPS) is 24.0. The third kappa shape index (κ3) is 3.11. The molecule has 2 heterocycles. The molecule has 5 nitrogen and oxygen atoms in total. The van der Waals surface area contributed by atoms with Crippen molar-refractivity contribution in [1.29, 1.82) is 0 Å². The van der Waals surface area contributed by atoms with Crippen LogP contribution in [-0.4, -0.2) is 40.0 Å². The minimum absolute atomic E-state index is 0.139. The van der Waals surface area contributed by atoms with E-state index >= 15 is 0 Å². The first-order chi connectivity index (χ1) is 9.82. The highest BCUT2D eigenvalue weighted by molar-refractivity contribution is 7.12. The van der Waals surface area contributed by atoms with Gasteiger partial charge in [0.05, 0.1) is 11.7 Å². The Balaban J connectivity index is 2.15. The lowest BCUT2D eigenvalue weighted by Crippen LogP contribution is -2.47. The number of anilines is 1. The summed E-state index contributed by atoms with van der Waals surface area (Å²) in [5.41, 5.74) is 1.23. The molecule has 1 aliphatic rings. The molecule has 2 N–H and O–H groups in total. The summed E-state index contributed by atoms with van der Waals surface area (Å²) in [7, 11) is 0. The maximum Gasteiger partial charge on any atom is 0.348 e. The summed E-state index contributed by atoms with van der Waals surface area (Å²) < 4.78 is 0. The number of nitrogens with zero attached hydrogens (tertiary/aromatic N) is 1. The Bertz CT molecular complexity index is 545. The van der Waals surface area contributed by atoms with Crippen molar-refractivity contribution in [2.24, 2.45) is 0 Å². The van der Waals surface area contributed by atoms with E-state index in [1.54, 1.807) is 5.38 Å². The van der Waals surface area contributed by atoms with Crippen molar-refractivity contribution >= 4 is 28.9 Å². The van der Waals surface area contributed by atoms with Crippen molar-refractivity contribution in [1.82, 2.24) is 4.90 Å². The molecule has 0 bridgehead atoms. The van der Waals surface area contributed by atoms with Gasteiger partial charge in [0.1, 0.15) is 4.88 Å². The highest BCUT2D eigenvalue weighted by atomic mass is 32.1. The van der Waals surface area contributed by atoms with Crippen molar-refractivity contribution in [3.63, 3.8) is 0 Å². The molecule has 1 saturated heterocycles. The fraction of sp³-hybridized carbons (Fsp3) is 0.600. The van der Waals surface area contributed by atoms with E-state index in [-0.39, 0.29) is 16.8 Å². The van der Waals surface area contributed by atoms with E-state index in [4.69, 9.17) is 0 Å². The molecular formula is C15H22N2O3S. The van der Waals surface area contributed by atoms with E-state index in [1.807, 2.05) is 13.8 Å². The van der Waals surface area contributed by atoms with Crippen molar-refractivity contribution in [2.75, 3.05) is 5.32 Å². The summed E-state index contributed by atoms with van der Waals surface area (Å²) in [6.45, 7) is 7.96. The zero-order valence-corrected chi connectivity index (χ0v) is 13.7. The Hall–Kier alpha value is -1.40. The first-order valence-electron chi connectivity index (χ1n) is 7.22. The molecule has 21 heavy (non-hydrogen) atoms. The Morgan fingerprint density at radius 1 is 1.38 bits per heavy atom. The zero-order chi connectivity index (χ0) is 15.7. The second-order valence-electron chi connectivity index (χ2n) is 5.82. The number of aromatic carboxylic acids is 1. The number of thiophene rings is 1. The van der Waals surface area contributed by atoms with Gasteiger partial charge in [0, 0.05) is 12.1 Å². The summed E-state index contributed by atoms with van der Waals surface area (Å²) in [5, 5.41) is 13.7. The fourth-order valence-electron chi connectivity index (χ4n) is 3.10. The average Bonchev–Trinajstić information content (AvgIpc) is 2.93. The van der Waals surface area contributed by atoms with Crippen LogP contribution in [0.3, 0.4) is 0 Å². The first-order valence-corrected chi connectivity index (χ1v) is 8.10. The number of carboxylic acid groups (broad SMARTS) is 1. The summed E-state index contributed by atoms with van der Waals surface area (Å²) in [4.78, 5) is 26.1. The number of nitrogens with one attached hydrogen (secondary N) is 1. The van der Waals surface area contributed by atoms with Crippen LogP contribution >= 0.6 is 11.3 Å². The molecule has 3 unspecified atom stereocenters. The minimum atomic E-state index is -1.00. The molecule has 116 valence electrons. The molecular weight excluding hydrogens is 288 g/mol. The van der Waals surface area contributed by atoms with E-state index in [2.05, 4.69) is 24.1 Å². The predicted molar refractivity (Wildman–Crippen MR) is 84.1 cm³/mol. The SMILES string of the molecule is Cc1csc(C(=O)O)c1NC(=O)C(C)N1C(C)CCC1C. The van der Waals surface area contributed by atoms with Gasteiger partial charge in [-0.2, -0.15) is 0 Å². The van der Waals surface area contributed by atoms with E-state index < -0.39 is 5.97 Å². The Morgan fingerprint density at radius 2 is 1.95 bits per heavy atom. The van der Waals surface area contributed by atoms with Crippen molar-refractivity contribution in [3.8, 4) is 0 Å². The van der Waals surface area contributed by atoms with E-state index in [9.17, 15) is 14.7 Å². The monoisotopic (exact) mass is 310 g/mol. The minimum Gasteiger partial charge on any atom is -0.477 e. The lowest BCUT2D eigenvalue weighted by atomic mass is 10.2. The molecule has 0 spiro atoms. The van der Waals surface area contributed by atoms with Crippen molar-refractivity contribution in [3.05, 3.63) is 15.8 Å². The van der Waals surface area contributed by atoms with E-state index in [0.717, 1.165) is 29.7 Å². The zero-order valence-electron chi connectivity index (χ0n) is 12.8. The van der Waals surface area contributed by atoms with Gasteiger partial charge in [-0.05, 0) is 51.5 Å². The molecule has 6 heteroatoms. The van der Waals surface area contributed by atoms with Gasteiger partial charge < -0.3 is 10.4 Å². The molecule has 3 atom stereocenters. The van der Waals surface area contributed by atoms with Gasteiger partial charge in [-0.3, -0.25) is 9.69 Å². The molecule has 1 aromatic heterocycles. The summed E-state index contributed by atoms with van der Waals surface area (Å²) in [6, 6.07) is 0.491. The smallest absolute Gasteiger partial charge is 0.348 e. The molecule has 1 fully saturated rings. The Labute approximate surface area is 129 Å². The maximum absolute atomic E-state index is 12.5. The molecule has 0 aliphatic carbocycles. The van der Waals surface area contributed by atoms with Gasteiger partial charge in [0.2, 0.25) is 5.91 Å². The predicted octanol–water partition coefficient (Wildman–Crippen LogP) is 2.95. The third-order valence-corrected chi connectivity index (χ3v) is 5.35. The van der Waals surface area contributed by atoms with Gasteiger partial charge in [0.15, 0.2) is 0 Å². The maximum atomic E-state index is 12.5. The van der Waals surface area contributed by atoms with Crippen LogP contribution in [0.4, 0.5) is 5.69 Å². The summed E-state index contributed by atoms with van der Waals surface area (Å²) in [6.07, 6.45) is 2.19. The fourth-order valence-corrected chi connectivity index (χ4v) is 3.94. The molecule has 0 aromatic carbocycles. The van der Waals surface area contributed by atoms with Crippen LogP contribution < -0.4 is 5.32 Å². The number of amides is 1. The van der Waals surface area contributed by atoms with E-state index in [1.165, 1.54) is 0 Å². The number of hydrogen-bond acceptors (Lipinski definition) is 4. The van der Waals surface area contributed by atoms with Gasteiger partial charge in [-0.1, -0.05) is 0 Å². The summed E-state index contributed by atoms with van der Waals surface area (Å²) >= 11 is 1.14. The first kappa shape index (κ1) is 16.0. The van der Waals surface area contributed by atoms with Crippen LogP contribution in [0.2, 0.25) is 0 Å². The molecule has 0 saturated carbocycles. The molecule has 1 aromatic rings. The number of hydrogen-bond donors (Lipinski definition) is 2.